The monoisotopic (exact) mass is 184 g/mol. The van der Waals surface area contributed by atoms with Gasteiger partial charge >= 0.3 is 5.97 Å². The number of carboxylic acids is 1. The minimum Gasteiger partial charge on any atom is -0.481 e. The maximum absolute atomic E-state index is 10.9. The number of carbonyl (C=O) groups excluding carboxylic acids is 1. The third kappa shape index (κ3) is 1.90. The Morgan fingerprint density at radius 3 is 2.31 bits per heavy atom. The second-order valence-electron chi connectivity index (χ2n) is 4.65. The Morgan fingerprint density at radius 2 is 2.00 bits per heavy atom. The summed E-state index contributed by atoms with van der Waals surface area (Å²) in [5.41, 5.74) is 0.0225. The molecule has 13 heavy (non-hydrogen) atoms. The second kappa shape index (κ2) is 3.13. The van der Waals surface area contributed by atoms with Crippen LogP contribution in [-0.4, -0.2) is 16.9 Å². The highest BCUT2D eigenvalue weighted by Crippen LogP contribution is 2.52. The molecule has 0 aromatic heterocycles. The number of rotatable bonds is 3. The van der Waals surface area contributed by atoms with Crippen LogP contribution in [0.1, 0.15) is 33.6 Å². The van der Waals surface area contributed by atoms with Gasteiger partial charge in [0.15, 0.2) is 0 Å². The molecule has 1 N–H and O–H groups in total. The molecule has 0 spiro atoms. The lowest BCUT2D eigenvalue weighted by molar-refractivity contribution is -0.158. The lowest BCUT2D eigenvalue weighted by Crippen LogP contribution is -2.48. The average molecular weight is 184 g/mol. The normalized spacial score (nSPS) is 30.7. The molecule has 0 aliphatic heterocycles. The van der Waals surface area contributed by atoms with E-state index in [0.717, 1.165) is 0 Å². The molecule has 74 valence electrons. The molecular formula is C10H16O3. The lowest BCUT2D eigenvalue weighted by atomic mass is 9.54. The molecule has 0 aromatic carbocycles. The Kier molecular flexibility index (Phi) is 2.46. The summed E-state index contributed by atoms with van der Waals surface area (Å²) in [5, 5.41) is 8.84. The highest BCUT2D eigenvalue weighted by molar-refractivity contribution is 5.78. The molecule has 1 saturated carbocycles. The van der Waals surface area contributed by atoms with Crippen LogP contribution in [0.15, 0.2) is 0 Å². The van der Waals surface area contributed by atoms with Crippen molar-refractivity contribution in [3.63, 3.8) is 0 Å². The van der Waals surface area contributed by atoms with Crippen LogP contribution in [0.4, 0.5) is 0 Å². The minimum absolute atomic E-state index is 0.0225. The second-order valence-corrected chi connectivity index (χ2v) is 4.65. The number of ketones is 1. The maximum Gasteiger partial charge on any atom is 0.306 e. The zero-order valence-corrected chi connectivity index (χ0v) is 8.33. The van der Waals surface area contributed by atoms with Crippen molar-refractivity contribution in [2.75, 3.05) is 0 Å². The zero-order valence-electron chi connectivity index (χ0n) is 8.33. The van der Waals surface area contributed by atoms with E-state index in [1.165, 1.54) is 6.92 Å². The molecule has 1 aliphatic rings. The SMILES string of the molecule is CC(=O)CC1C(C(=O)O)CC1(C)C. The third-order valence-electron chi connectivity index (χ3n) is 3.06. The molecule has 1 rings (SSSR count). The third-order valence-corrected chi connectivity index (χ3v) is 3.06. The molecular weight excluding hydrogens is 168 g/mol. The number of carboxylic acid groups (broad SMARTS) is 1. The Bertz CT molecular complexity index is 243. The summed E-state index contributed by atoms with van der Waals surface area (Å²) >= 11 is 0. The van der Waals surface area contributed by atoms with E-state index in [0.29, 0.717) is 12.8 Å². The smallest absolute Gasteiger partial charge is 0.306 e. The van der Waals surface area contributed by atoms with Gasteiger partial charge in [-0.2, -0.15) is 0 Å². The van der Waals surface area contributed by atoms with Crippen molar-refractivity contribution < 1.29 is 14.7 Å². The fraction of sp³-hybridized carbons (Fsp3) is 0.800. The largest absolute Gasteiger partial charge is 0.481 e. The molecule has 0 radical (unpaired) electrons. The first kappa shape index (κ1) is 10.2. The first-order valence-electron chi connectivity index (χ1n) is 4.57. The Hall–Kier alpha value is -0.860. The van der Waals surface area contributed by atoms with Crippen molar-refractivity contribution >= 4 is 11.8 Å². The van der Waals surface area contributed by atoms with E-state index < -0.39 is 5.97 Å². The Balaban J connectivity index is 2.65. The summed E-state index contributed by atoms with van der Waals surface area (Å²) in [4.78, 5) is 21.7. The van der Waals surface area contributed by atoms with Crippen LogP contribution in [0.3, 0.4) is 0 Å². The summed E-state index contributed by atoms with van der Waals surface area (Å²) < 4.78 is 0. The Labute approximate surface area is 78.1 Å². The van der Waals surface area contributed by atoms with Gasteiger partial charge in [0.25, 0.3) is 0 Å². The molecule has 0 aromatic rings. The number of aliphatic carboxylic acids is 1. The van der Waals surface area contributed by atoms with Gasteiger partial charge in [-0.05, 0) is 24.7 Å². The standard InChI is InChI=1S/C10H16O3/c1-6(11)4-8-7(9(12)13)5-10(8,2)3/h7-8H,4-5H2,1-3H3,(H,12,13). The zero-order chi connectivity index (χ0) is 10.2. The number of hydrogen-bond acceptors (Lipinski definition) is 2. The molecule has 3 heteroatoms. The predicted octanol–water partition coefficient (Wildman–Crippen LogP) is 1.71. The van der Waals surface area contributed by atoms with Crippen LogP contribution in [0.25, 0.3) is 0 Å². The quantitative estimate of drug-likeness (QED) is 0.726. The van der Waals surface area contributed by atoms with E-state index in [-0.39, 0.29) is 23.0 Å². The van der Waals surface area contributed by atoms with Crippen LogP contribution in [0, 0.1) is 17.3 Å². The van der Waals surface area contributed by atoms with Crippen LogP contribution >= 0.6 is 0 Å². The van der Waals surface area contributed by atoms with Crippen molar-refractivity contribution in [2.45, 2.75) is 33.6 Å². The molecule has 1 fully saturated rings. The van der Waals surface area contributed by atoms with Gasteiger partial charge in [0.1, 0.15) is 5.78 Å². The van der Waals surface area contributed by atoms with Gasteiger partial charge in [0, 0.05) is 6.42 Å². The molecule has 2 unspecified atom stereocenters. The molecule has 0 amide bonds. The maximum atomic E-state index is 10.9. The fourth-order valence-corrected chi connectivity index (χ4v) is 2.23. The van der Waals surface area contributed by atoms with Gasteiger partial charge in [-0.1, -0.05) is 13.8 Å². The van der Waals surface area contributed by atoms with Gasteiger partial charge in [-0.25, -0.2) is 0 Å². The van der Waals surface area contributed by atoms with Crippen molar-refractivity contribution in [3.05, 3.63) is 0 Å². The van der Waals surface area contributed by atoms with Gasteiger partial charge in [-0.3, -0.25) is 4.79 Å². The highest BCUT2D eigenvalue weighted by atomic mass is 16.4. The van der Waals surface area contributed by atoms with Gasteiger partial charge in [-0.15, -0.1) is 0 Å². The molecule has 2 atom stereocenters. The van der Waals surface area contributed by atoms with E-state index in [4.69, 9.17) is 5.11 Å². The first-order valence-corrected chi connectivity index (χ1v) is 4.57. The summed E-state index contributed by atoms with van der Waals surface area (Å²) in [5.74, 6) is -0.948. The van der Waals surface area contributed by atoms with Gasteiger partial charge in [0.2, 0.25) is 0 Å². The van der Waals surface area contributed by atoms with Gasteiger partial charge < -0.3 is 9.90 Å². The van der Waals surface area contributed by atoms with Crippen LogP contribution in [0.5, 0.6) is 0 Å². The lowest BCUT2D eigenvalue weighted by Gasteiger charge is -2.49. The average Bonchev–Trinajstić information content (AvgIpc) is 1.96. The summed E-state index contributed by atoms with van der Waals surface area (Å²) in [7, 11) is 0. The van der Waals surface area contributed by atoms with Gasteiger partial charge in [0.05, 0.1) is 5.92 Å². The highest BCUT2D eigenvalue weighted by Gasteiger charge is 2.50. The van der Waals surface area contributed by atoms with E-state index in [1.807, 2.05) is 13.8 Å². The van der Waals surface area contributed by atoms with Crippen molar-refractivity contribution in [1.82, 2.24) is 0 Å². The van der Waals surface area contributed by atoms with Crippen molar-refractivity contribution in [3.8, 4) is 0 Å². The van der Waals surface area contributed by atoms with Crippen LogP contribution in [-0.2, 0) is 9.59 Å². The van der Waals surface area contributed by atoms with Crippen LogP contribution < -0.4 is 0 Å². The van der Waals surface area contributed by atoms with E-state index in [9.17, 15) is 9.59 Å². The first-order chi connectivity index (χ1) is 5.84. The van der Waals surface area contributed by atoms with Crippen molar-refractivity contribution in [1.29, 1.82) is 0 Å². The van der Waals surface area contributed by atoms with Crippen molar-refractivity contribution in [2.24, 2.45) is 17.3 Å². The molecule has 0 saturated heterocycles. The summed E-state index contributed by atoms with van der Waals surface area (Å²) in [6.45, 7) is 5.58. The molecule has 0 heterocycles. The minimum atomic E-state index is -0.759. The number of hydrogen-bond donors (Lipinski definition) is 1. The fourth-order valence-electron chi connectivity index (χ4n) is 2.23. The number of Topliss-reactive ketones (excluding diaryl/α,β-unsaturated/α-hetero) is 1. The number of carbonyl (C=O) groups is 2. The van der Waals surface area contributed by atoms with Crippen LogP contribution in [0.2, 0.25) is 0 Å². The van der Waals surface area contributed by atoms with E-state index in [2.05, 4.69) is 0 Å². The summed E-state index contributed by atoms with van der Waals surface area (Å²) in [6.07, 6.45) is 1.10. The molecule has 3 nitrogen and oxygen atoms in total. The predicted molar refractivity (Wildman–Crippen MR) is 48.3 cm³/mol. The molecule has 0 bridgehead atoms. The van der Waals surface area contributed by atoms with E-state index >= 15 is 0 Å². The molecule has 1 aliphatic carbocycles. The Morgan fingerprint density at radius 1 is 1.46 bits per heavy atom. The summed E-state index contributed by atoms with van der Waals surface area (Å²) in [6, 6.07) is 0. The van der Waals surface area contributed by atoms with E-state index in [1.54, 1.807) is 0 Å². The topological polar surface area (TPSA) is 54.4 Å².